The molecule has 98 valence electrons. The number of amides is 1. The van der Waals surface area contributed by atoms with Crippen molar-refractivity contribution in [1.82, 2.24) is 9.88 Å². The Balaban J connectivity index is 2.69. The lowest BCUT2D eigenvalue weighted by molar-refractivity contribution is -0.384. The van der Waals surface area contributed by atoms with Crippen LogP contribution in [0.2, 0.25) is 0 Å². The highest BCUT2D eigenvalue weighted by Crippen LogP contribution is 2.22. The number of hydrogen-bond acceptors (Lipinski definition) is 6. The molecular weight excluding hydrogens is 238 g/mol. The number of pyridine rings is 1. The molecule has 1 heterocycles. The van der Waals surface area contributed by atoms with E-state index in [1.54, 1.807) is 14.1 Å². The SMILES string of the molecule is CN(C)C(=O)CCNc1nc(N)ccc1[N+](=O)[O-]. The molecule has 0 radical (unpaired) electrons. The molecule has 0 aliphatic carbocycles. The van der Waals surface area contributed by atoms with Crippen molar-refractivity contribution >= 4 is 23.2 Å². The van der Waals surface area contributed by atoms with Crippen molar-refractivity contribution in [2.45, 2.75) is 6.42 Å². The molecule has 0 atom stereocenters. The third kappa shape index (κ3) is 3.58. The molecule has 0 saturated heterocycles. The first-order valence-corrected chi connectivity index (χ1v) is 5.26. The molecule has 0 saturated carbocycles. The third-order valence-corrected chi connectivity index (χ3v) is 2.22. The molecule has 0 aliphatic heterocycles. The van der Waals surface area contributed by atoms with Crippen molar-refractivity contribution in [3.05, 3.63) is 22.2 Å². The van der Waals surface area contributed by atoms with Gasteiger partial charge in [-0.25, -0.2) is 4.98 Å². The van der Waals surface area contributed by atoms with Gasteiger partial charge in [0.15, 0.2) is 0 Å². The number of hydrogen-bond donors (Lipinski definition) is 2. The van der Waals surface area contributed by atoms with Gasteiger partial charge in [0, 0.05) is 33.1 Å². The average molecular weight is 253 g/mol. The van der Waals surface area contributed by atoms with E-state index >= 15 is 0 Å². The second kappa shape index (κ2) is 5.80. The Bertz CT molecular complexity index is 461. The summed E-state index contributed by atoms with van der Waals surface area (Å²) >= 11 is 0. The van der Waals surface area contributed by atoms with E-state index in [2.05, 4.69) is 10.3 Å². The van der Waals surface area contributed by atoms with E-state index in [9.17, 15) is 14.9 Å². The van der Waals surface area contributed by atoms with Gasteiger partial charge in [0.1, 0.15) is 5.82 Å². The summed E-state index contributed by atoms with van der Waals surface area (Å²) in [6.45, 7) is 0.258. The molecule has 1 aromatic heterocycles. The molecular formula is C10H15N5O3. The molecule has 8 nitrogen and oxygen atoms in total. The van der Waals surface area contributed by atoms with Crippen LogP contribution in [0.15, 0.2) is 12.1 Å². The minimum atomic E-state index is -0.553. The largest absolute Gasteiger partial charge is 0.384 e. The van der Waals surface area contributed by atoms with Gasteiger partial charge in [-0.3, -0.25) is 14.9 Å². The number of nitrogens with two attached hydrogens (primary N) is 1. The van der Waals surface area contributed by atoms with Crippen LogP contribution in [0.1, 0.15) is 6.42 Å². The van der Waals surface area contributed by atoms with Crippen LogP contribution in [0, 0.1) is 10.1 Å². The Hall–Kier alpha value is -2.38. The van der Waals surface area contributed by atoms with Crippen LogP contribution < -0.4 is 11.1 Å². The number of nitrogens with one attached hydrogen (secondary N) is 1. The summed E-state index contributed by atoms with van der Waals surface area (Å²) in [7, 11) is 3.28. The van der Waals surface area contributed by atoms with E-state index in [1.807, 2.05) is 0 Å². The Labute approximate surface area is 104 Å². The van der Waals surface area contributed by atoms with Gasteiger partial charge < -0.3 is 16.0 Å². The molecule has 0 fully saturated rings. The monoisotopic (exact) mass is 253 g/mol. The quantitative estimate of drug-likeness (QED) is 0.582. The molecule has 1 aromatic rings. The van der Waals surface area contributed by atoms with Gasteiger partial charge in [-0.2, -0.15) is 0 Å². The van der Waals surface area contributed by atoms with E-state index in [1.165, 1.54) is 17.0 Å². The Kier molecular flexibility index (Phi) is 4.41. The van der Waals surface area contributed by atoms with Crippen LogP contribution in [0.4, 0.5) is 17.3 Å². The number of anilines is 2. The van der Waals surface area contributed by atoms with Crippen LogP contribution in [-0.2, 0) is 4.79 Å². The molecule has 1 rings (SSSR count). The van der Waals surface area contributed by atoms with E-state index in [-0.39, 0.29) is 36.2 Å². The Morgan fingerprint density at radius 1 is 1.56 bits per heavy atom. The van der Waals surface area contributed by atoms with E-state index in [4.69, 9.17) is 5.73 Å². The summed E-state index contributed by atoms with van der Waals surface area (Å²) in [5.74, 6) is 0.183. The number of aromatic nitrogens is 1. The zero-order valence-corrected chi connectivity index (χ0v) is 10.2. The summed E-state index contributed by atoms with van der Waals surface area (Å²) in [4.78, 5) is 26.8. The number of rotatable bonds is 5. The van der Waals surface area contributed by atoms with Gasteiger partial charge in [0.2, 0.25) is 11.7 Å². The topological polar surface area (TPSA) is 114 Å². The van der Waals surface area contributed by atoms with Crippen LogP contribution in [-0.4, -0.2) is 41.4 Å². The first kappa shape index (κ1) is 13.7. The minimum absolute atomic E-state index is 0.0749. The fraction of sp³-hybridized carbons (Fsp3) is 0.400. The fourth-order valence-electron chi connectivity index (χ4n) is 1.26. The highest BCUT2D eigenvalue weighted by Gasteiger charge is 2.15. The molecule has 0 spiro atoms. The highest BCUT2D eigenvalue weighted by atomic mass is 16.6. The van der Waals surface area contributed by atoms with Crippen molar-refractivity contribution in [2.24, 2.45) is 0 Å². The summed E-state index contributed by atoms with van der Waals surface area (Å²) in [5, 5.41) is 13.5. The molecule has 0 aromatic carbocycles. The van der Waals surface area contributed by atoms with Crippen molar-refractivity contribution in [2.75, 3.05) is 31.7 Å². The van der Waals surface area contributed by atoms with Gasteiger partial charge >= 0.3 is 5.69 Å². The fourth-order valence-corrected chi connectivity index (χ4v) is 1.26. The number of carbonyl (C=O) groups is 1. The van der Waals surface area contributed by atoms with Crippen molar-refractivity contribution < 1.29 is 9.72 Å². The van der Waals surface area contributed by atoms with E-state index in [0.29, 0.717) is 0 Å². The number of nitro groups is 1. The Morgan fingerprint density at radius 2 is 2.22 bits per heavy atom. The van der Waals surface area contributed by atoms with E-state index < -0.39 is 4.92 Å². The van der Waals surface area contributed by atoms with Crippen molar-refractivity contribution in [3.63, 3.8) is 0 Å². The predicted molar refractivity (Wildman–Crippen MR) is 67.1 cm³/mol. The van der Waals surface area contributed by atoms with Crippen LogP contribution in [0.3, 0.4) is 0 Å². The maximum atomic E-state index is 11.3. The first-order valence-electron chi connectivity index (χ1n) is 5.26. The smallest absolute Gasteiger partial charge is 0.311 e. The normalized spacial score (nSPS) is 9.89. The van der Waals surface area contributed by atoms with Crippen LogP contribution >= 0.6 is 0 Å². The molecule has 18 heavy (non-hydrogen) atoms. The number of nitrogens with zero attached hydrogens (tertiary/aromatic N) is 3. The maximum Gasteiger partial charge on any atom is 0.311 e. The lowest BCUT2D eigenvalue weighted by atomic mass is 10.3. The summed E-state index contributed by atoms with van der Waals surface area (Å²) in [5.41, 5.74) is 5.29. The zero-order valence-electron chi connectivity index (χ0n) is 10.2. The lowest BCUT2D eigenvalue weighted by Crippen LogP contribution is -2.24. The van der Waals surface area contributed by atoms with Gasteiger partial charge in [0.05, 0.1) is 4.92 Å². The molecule has 0 aliphatic rings. The number of carbonyl (C=O) groups excluding carboxylic acids is 1. The van der Waals surface area contributed by atoms with Gasteiger partial charge in [-0.15, -0.1) is 0 Å². The van der Waals surface area contributed by atoms with Gasteiger partial charge in [-0.05, 0) is 6.07 Å². The number of nitrogen functional groups attached to an aromatic ring is 1. The van der Waals surface area contributed by atoms with Crippen molar-refractivity contribution in [3.8, 4) is 0 Å². The van der Waals surface area contributed by atoms with Crippen molar-refractivity contribution in [1.29, 1.82) is 0 Å². The first-order chi connectivity index (χ1) is 8.41. The maximum absolute atomic E-state index is 11.3. The standard InChI is InChI=1S/C10H15N5O3/c1-14(2)9(16)5-6-12-10-7(15(17)18)3-4-8(11)13-10/h3-4H,5-6H2,1-2H3,(H3,11,12,13). The second-order valence-corrected chi connectivity index (χ2v) is 3.83. The van der Waals surface area contributed by atoms with Crippen LogP contribution in [0.25, 0.3) is 0 Å². The minimum Gasteiger partial charge on any atom is -0.384 e. The molecule has 3 N–H and O–H groups in total. The highest BCUT2D eigenvalue weighted by molar-refractivity contribution is 5.76. The molecule has 1 amide bonds. The molecule has 0 bridgehead atoms. The zero-order chi connectivity index (χ0) is 13.7. The Morgan fingerprint density at radius 3 is 2.78 bits per heavy atom. The molecule has 8 heteroatoms. The van der Waals surface area contributed by atoms with E-state index in [0.717, 1.165) is 0 Å². The van der Waals surface area contributed by atoms with Gasteiger partial charge in [0.25, 0.3) is 0 Å². The molecule has 0 unspecified atom stereocenters. The summed E-state index contributed by atoms with van der Waals surface area (Å²) in [6, 6.07) is 2.63. The van der Waals surface area contributed by atoms with Gasteiger partial charge in [-0.1, -0.05) is 0 Å². The summed E-state index contributed by atoms with van der Waals surface area (Å²) < 4.78 is 0. The lowest BCUT2D eigenvalue weighted by Gasteiger charge is -2.11. The second-order valence-electron chi connectivity index (χ2n) is 3.83. The average Bonchev–Trinajstić information content (AvgIpc) is 2.28. The third-order valence-electron chi connectivity index (χ3n) is 2.22. The summed E-state index contributed by atoms with van der Waals surface area (Å²) in [6.07, 6.45) is 0.223. The van der Waals surface area contributed by atoms with Crippen LogP contribution in [0.5, 0.6) is 0 Å². The predicted octanol–water partition coefficient (Wildman–Crippen LogP) is 0.462.